The molecule has 1 saturated heterocycles. The summed E-state index contributed by atoms with van der Waals surface area (Å²) in [5.41, 5.74) is 0.324. The second-order valence-corrected chi connectivity index (χ2v) is 2.27. The first-order valence-corrected chi connectivity index (χ1v) is 3.12. The lowest BCUT2D eigenvalue weighted by atomic mass is 10.3. The smallest absolute Gasteiger partial charge is 0.257 e. The molecule has 0 atom stereocenters. The molecule has 0 unspecified atom stereocenters. The fraction of sp³-hybridized carbons (Fsp3) is 0.250. The second-order valence-electron chi connectivity index (χ2n) is 2.27. The molecular formula is C8H7NO2. The summed E-state index contributed by atoms with van der Waals surface area (Å²) in [6, 6.07) is 0. The van der Waals surface area contributed by atoms with E-state index in [0.29, 0.717) is 5.57 Å². The van der Waals surface area contributed by atoms with Gasteiger partial charge < -0.3 is 0 Å². The van der Waals surface area contributed by atoms with Crippen molar-refractivity contribution in [2.24, 2.45) is 0 Å². The molecule has 0 saturated carbocycles. The molecule has 1 rings (SSSR count). The van der Waals surface area contributed by atoms with Crippen molar-refractivity contribution in [1.29, 1.82) is 0 Å². The Kier molecular flexibility index (Phi) is 1.77. The Morgan fingerprint density at radius 2 is 2.27 bits per heavy atom. The van der Waals surface area contributed by atoms with Gasteiger partial charge in [-0.25, -0.2) is 0 Å². The molecule has 0 radical (unpaired) electrons. The van der Waals surface area contributed by atoms with Gasteiger partial charge in [0.15, 0.2) is 0 Å². The van der Waals surface area contributed by atoms with Gasteiger partial charge in [-0.1, -0.05) is 12.5 Å². The van der Waals surface area contributed by atoms with Crippen LogP contribution in [0, 0.1) is 12.3 Å². The van der Waals surface area contributed by atoms with Crippen molar-refractivity contribution in [3.8, 4) is 12.3 Å². The summed E-state index contributed by atoms with van der Waals surface area (Å²) in [6.45, 7) is 3.49. The monoisotopic (exact) mass is 149 g/mol. The lowest BCUT2D eigenvalue weighted by Crippen LogP contribution is -2.29. The Balaban J connectivity index is 2.82. The zero-order chi connectivity index (χ0) is 8.43. The minimum atomic E-state index is -0.340. The molecule has 1 aliphatic heterocycles. The van der Waals surface area contributed by atoms with Crippen LogP contribution < -0.4 is 0 Å². The highest BCUT2D eigenvalue weighted by atomic mass is 16.2. The molecule has 0 bridgehead atoms. The van der Waals surface area contributed by atoms with Crippen molar-refractivity contribution < 1.29 is 9.59 Å². The van der Waals surface area contributed by atoms with Gasteiger partial charge in [-0.2, -0.15) is 0 Å². The van der Waals surface area contributed by atoms with Crippen LogP contribution in [-0.2, 0) is 9.59 Å². The number of hydrogen-bond donors (Lipinski definition) is 0. The summed E-state index contributed by atoms with van der Waals surface area (Å²) in [7, 11) is 0. The summed E-state index contributed by atoms with van der Waals surface area (Å²) in [4.78, 5) is 23.0. The van der Waals surface area contributed by atoms with Crippen molar-refractivity contribution >= 4 is 11.8 Å². The van der Waals surface area contributed by atoms with Gasteiger partial charge in [0.25, 0.3) is 5.91 Å². The SMILES string of the molecule is C#CCN1C(=O)CC(=C)C1=O. The van der Waals surface area contributed by atoms with Crippen molar-refractivity contribution in [1.82, 2.24) is 4.90 Å². The van der Waals surface area contributed by atoms with E-state index < -0.39 is 0 Å². The standard InChI is InChI=1S/C8H7NO2/c1-3-4-9-7(10)5-6(2)8(9)11/h1H,2,4-5H2. The van der Waals surface area contributed by atoms with Crippen LogP contribution in [0.15, 0.2) is 12.2 Å². The number of rotatable bonds is 1. The van der Waals surface area contributed by atoms with Crippen molar-refractivity contribution in [3.63, 3.8) is 0 Å². The highest BCUT2D eigenvalue weighted by Crippen LogP contribution is 2.15. The molecule has 0 aliphatic carbocycles. The van der Waals surface area contributed by atoms with Gasteiger partial charge in [-0.3, -0.25) is 14.5 Å². The number of imide groups is 1. The molecule has 1 aliphatic rings. The van der Waals surface area contributed by atoms with E-state index in [1.165, 1.54) is 0 Å². The summed E-state index contributed by atoms with van der Waals surface area (Å²) < 4.78 is 0. The predicted molar refractivity (Wildman–Crippen MR) is 39.3 cm³/mol. The maximum Gasteiger partial charge on any atom is 0.257 e. The van der Waals surface area contributed by atoms with E-state index in [-0.39, 0.29) is 24.8 Å². The van der Waals surface area contributed by atoms with Crippen LogP contribution in [0.25, 0.3) is 0 Å². The first-order valence-electron chi connectivity index (χ1n) is 3.12. The molecular weight excluding hydrogens is 142 g/mol. The number of nitrogens with zero attached hydrogens (tertiary/aromatic N) is 1. The molecule has 2 amide bonds. The molecule has 0 N–H and O–H groups in total. The largest absolute Gasteiger partial charge is 0.274 e. The molecule has 56 valence electrons. The van der Waals surface area contributed by atoms with Crippen LogP contribution in [0.2, 0.25) is 0 Å². The van der Waals surface area contributed by atoms with Crippen LogP contribution in [0.3, 0.4) is 0 Å². The third-order valence-corrected chi connectivity index (χ3v) is 1.46. The Morgan fingerprint density at radius 3 is 2.64 bits per heavy atom. The number of hydrogen-bond acceptors (Lipinski definition) is 2. The molecule has 0 aromatic heterocycles. The second kappa shape index (κ2) is 2.59. The lowest BCUT2D eigenvalue weighted by molar-refractivity contribution is -0.136. The molecule has 3 heteroatoms. The van der Waals surface area contributed by atoms with Gasteiger partial charge in [0.2, 0.25) is 5.91 Å². The number of carbonyl (C=O) groups excluding carboxylic acids is 2. The summed E-state index contributed by atoms with van der Waals surface area (Å²) in [5, 5.41) is 0. The highest BCUT2D eigenvalue weighted by molar-refractivity contribution is 6.13. The normalized spacial score (nSPS) is 17.4. The molecule has 0 aromatic carbocycles. The van der Waals surface area contributed by atoms with E-state index in [1.54, 1.807) is 0 Å². The first kappa shape index (κ1) is 7.55. The van der Waals surface area contributed by atoms with Crippen LogP contribution in [0.5, 0.6) is 0 Å². The summed E-state index contributed by atoms with van der Waals surface area (Å²) >= 11 is 0. The third kappa shape index (κ3) is 1.15. The van der Waals surface area contributed by atoms with Gasteiger partial charge in [0.05, 0.1) is 13.0 Å². The fourth-order valence-electron chi connectivity index (χ4n) is 0.909. The Morgan fingerprint density at radius 1 is 1.64 bits per heavy atom. The van der Waals surface area contributed by atoms with Gasteiger partial charge in [-0.15, -0.1) is 6.42 Å². The predicted octanol–water partition coefficient (Wildman–Crippen LogP) is -0.0653. The first-order chi connectivity index (χ1) is 5.16. The van der Waals surface area contributed by atoms with Gasteiger partial charge >= 0.3 is 0 Å². The minimum Gasteiger partial charge on any atom is -0.274 e. The summed E-state index contributed by atoms with van der Waals surface area (Å²) in [6.07, 6.45) is 5.06. The number of carbonyl (C=O) groups is 2. The minimum absolute atomic E-state index is 0.0523. The Hall–Kier alpha value is -1.56. The van der Waals surface area contributed by atoms with E-state index >= 15 is 0 Å². The molecule has 3 nitrogen and oxygen atoms in total. The van der Waals surface area contributed by atoms with Gasteiger partial charge in [0, 0.05) is 5.57 Å². The van der Waals surface area contributed by atoms with E-state index in [2.05, 4.69) is 12.5 Å². The molecule has 0 aromatic rings. The van der Waals surface area contributed by atoms with Crippen LogP contribution in [0.1, 0.15) is 6.42 Å². The Bertz CT molecular complexity index is 272. The van der Waals surface area contributed by atoms with Crippen molar-refractivity contribution in [3.05, 3.63) is 12.2 Å². The molecule has 1 heterocycles. The van der Waals surface area contributed by atoms with Crippen LogP contribution >= 0.6 is 0 Å². The topological polar surface area (TPSA) is 37.4 Å². The third-order valence-electron chi connectivity index (χ3n) is 1.46. The summed E-state index contributed by atoms with van der Waals surface area (Å²) in [5.74, 6) is 1.64. The van der Waals surface area contributed by atoms with E-state index in [1.807, 2.05) is 0 Å². The van der Waals surface area contributed by atoms with E-state index in [0.717, 1.165) is 4.90 Å². The van der Waals surface area contributed by atoms with E-state index in [9.17, 15) is 9.59 Å². The van der Waals surface area contributed by atoms with Crippen molar-refractivity contribution in [2.75, 3.05) is 6.54 Å². The van der Waals surface area contributed by atoms with Crippen molar-refractivity contribution in [2.45, 2.75) is 6.42 Å². The van der Waals surface area contributed by atoms with Crippen LogP contribution in [0.4, 0.5) is 0 Å². The van der Waals surface area contributed by atoms with Gasteiger partial charge in [-0.05, 0) is 0 Å². The van der Waals surface area contributed by atoms with Gasteiger partial charge in [0.1, 0.15) is 0 Å². The number of terminal acetylenes is 1. The number of likely N-dealkylation sites (tertiary alicyclic amines) is 1. The zero-order valence-corrected chi connectivity index (χ0v) is 5.96. The maximum atomic E-state index is 11.0. The molecule has 0 spiro atoms. The quantitative estimate of drug-likeness (QED) is 0.297. The average Bonchev–Trinajstić information content (AvgIpc) is 2.17. The zero-order valence-electron chi connectivity index (χ0n) is 5.96. The number of amides is 2. The molecule has 1 fully saturated rings. The Labute approximate surface area is 64.7 Å². The average molecular weight is 149 g/mol. The van der Waals surface area contributed by atoms with Crippen LogP contribution in [-0.4, -0.2) is 23.3 Å². The molecule has 11 heavy (non-hydrogen) atoms. The fourth-order valence-corrected chi connectivity index (χ4v) is 0.909. The maximum absolute atomic E-state index is 11.0. The van der Waals surface area contributed by atoms with E-state index in [4.69, 9.17) is 6.42 Å². The highest BCUT2D eigenvalue weighted by Gasteiger charge is 2.31. The lowest BCUT2D eigenvalue weighted by Gasteiger charge is -2.07.